The maximum atomic E-state index is 16.0. The van der Waals surface area contributed by atoms with Crippen molar-refractivity contribution in [2.45, 2.75) is 18.1 Å². The van der Waals surface area contributed by atoms with Gasteiger partial charge in [0.15, 0.2) is 0 Å². The molecule has 0 unspecified atom stereocenters. The Morgan fingerprint density at radius 2 is 1.85 bits per heavy atom. The number of nitrogens with one attached hydrogen (secondary N) is 1. The molecule has 1 aliphatic carbocycles. The van der Waals surface area contributed by atoms with Crippen LogP contribution in [-0.2, 0) is 25.2 Å². The van der Waals surface area contributed by atoms with E-state index in [1.165, 1.54) is 30.2 Å². The fourth-order valence-electron chi connectivity index (χ4n) is 4.61. The Morgan fingerprint density at radius 3 is 2.48 bits per heavy atom. The van der Waals surface area contributed by atoms with Crippen LogP contribution in [0.2, 0.25) is 0 Å². The number of alkyl halides is 1. The van der Waals surface area contributed by atoms with Crippen LogP contribution in [0.1, 0.15) is 12.0 Å². The number of ether oxygens (including phenoxy) is 1. The molecule has 1 saturated heterocycles. The first kappa shape index (κ1) is 23.7. The number of carbonyl (C=O) groups excluding carboxylic acids is 1. The van der Waals surface area contributed by atoms with Crippen molar-refractivity contribution in [3.63, 3.8) is 0 Å². The van der Waals surface area contributed by atoms with E-state index in [9.17, 15) is 22.0 Å². The SMILES string of the molecule is COC[C@@H]1CN(C(=O)[C@@H]2C[C@@]2(F)c2ccccc2-c2c(F)cccc2F)[C@H]1CNS(C)(=O)=O. The van der Waals surface area contributed by atoms with Gasteiger partial charge in [0.25, 0.3) is 0 Å². The summed E-state index contributed by atoms with van der Waals surface area (Å²) in [6, 6.07) is 8.99. The van der Waals surface area contributed by atoms with Gasteiger partial charge in [-0.1, -0.05) is 30.3 Å². The molecule has 1 aliphatic heterocycles. The number of hydrogen-bond donors (Lipinski definition) is 1. The van der Waals surface area contributed by atoms with Crippen molar-refractivity contribution in [1.29, 1.82) is 0 Å². The van der Waals surface area contributed by atoms with E-state index in [0.717, 1.165) is 18.4 Å². The maximum Gasteiger partial charge on any atom is 0.229 e. The molecule has 10 heteroatoms. The van der Waals surface area contributed by atoms with Gasteiger partial charge in [0.1, 0.15) is 17.3 Å². The number of benzene rings is 2. The third-order valence-corrected chi connectivity index (χ3v) is 7.08. The number of carbonyl (C=O) groups is 1. The van der Waals surface area contributed by atoms with Gasteiger partial charge < -0.3 is 9.64 Å². The zero-order valence-electron chi connectivity index (χ0n) is 18.2. The van der Waals surface area contributed by atoms with Crippen LogP contribution >= 0.6 is 0 Å². The van der Waals surface area contributed by atoms with Crippen LogP contribution in [0.4, 0.5) is 13.2 Å². The summed E-state index contributed by atoms with van der Waals surface area (Å²) in [7, 11) is -1.96. The van der Waals surface area contributed by atoms with Crippen LogP contribution in [0, 0.1) is 23.5 Å². The van der Waals surface area contributed by atoms with Gasteiger partial charge in [-0.05, 0) is 23.3 Å². The summed E-state index contributed by atoms with van der Waals surface area (Å²) >= 11 is 0. The standard InChI is InChI=1S/C23H25F3N2O4S/c1-32-13-14-12-28(20(14)11-27-33(2,30)31)22(29)17-10-23(17,26)16-7-4-3-6-15(16)21-18(24)8-5-9-19(21)25/h3-9,14,17,20,27H,10-13H2,1-2H3/t14-,17-,20-,23+/m0/s1. The number of sulfonamides is 1. The molecule has 4 rings (SSSR count). The Balaban J connectivity index is 1.58. The van der Waals surface area contributed by atoms with Crippen LogP contribution < -0.4 is 4.72 Å². The van der Waals surface area contributed by atoms with Gasteiger partial charge in [-0.3, -0.25) is 4.79 Å². The van der Waals surface area contributed by atoms with Gasteiger partial charge in [-0.15, -0.1) is 0 Å². The van der Waals surface area contributed by atoms with E-state index in [0.29, 0.717) is 13.2 Å². The highest BCUT2D eigenvalue weighted by Crippen LogP contribution is 2.59. The fraction of sp³-hybridized carbons (Fsp3) is 0.435. The van der Waals surface area contributed by atoms with Crippen molar-refractivity contribution >= 4 is 15.9 Å². The molecule has 1 N–H and O–H groups in total. The summed E-state index contributed by atoms with van der Waals surface area (Å²) in [6.07, 6.45) is 0.909. The molecule has 178 valence electrons. The van der Waals surface area contributed by atoms with Crippen molar-refractivity contribution in [2.24, 2.45) is 11.8 Å². The molecule has 0 spiro atoms. The Kier molecular flexibility index (Phi) is 6.28. The molecule has 4 atom stereocenters. The van der Waals surface area contributed by atoms with E-state index in [1.807, 2.05) is 0 Å². The van der Waals surface area contributed by atoms with Gasteiger partial charge in [-0.2, -0.15) is 0 Å². The topological polar surface area (TPSA) is 75.7 Å². The average molecular weight is 483 g/mol. The lowest BCUT2D eigenvalue weighted by molar-refractivity contribution is -0.148. The molecule has 1 amide bonds. The molecule has 0 bridgehead atoms. The number of likely N-dealkylation sites (tertiary alicyclic amines) is 1. The van der Waals surface area contributed by atoms with Crippen LogP contribution in [-0.4, -0.2) is 58.3 Å². The summed E-state index contributed by atoms with van der Waals surface area (Å²) in [5, 5.41) is 0. The Labute approximate surface area is 190 Å². The summed E-state index contributed by atoms with van der Waals surface area (Å²) in [5.41, 5.74) is -2.26. The molecule has 0 radical (unpaired) electrons. The van der Waals surface area contributed by atoms with Crippen LogP contribution in [0.3, 0.4) is 0 Å². The normalized spacial score (nSPS) is 26.7. The summed E-state index contributed by atoms with van der Waals surface area (Å²) in [4.78, 5) is 14.6. The number of halogens is 3. The highest BCUT2D eigenvalue weighted by atomic mass is 32.2. The predicted octanol–water partition coefficient (Wildman–Crippen LogP) is 2.84. The lowest BCUT2D eigenvalue weighted by Gasteiger charge is -2.48. The highest BCUT2D eigenvalue weighted by Gasteiger charge is 2.64. The third kappa shape index (κ3) is 4.51. The molecule has 0 aromatic heterocycles. The van der Waals surface area contributed by atoms with Gasteiger partial charge in [0.05, 0.1) is 30.4 Å². The number of methoxy groups -OCH3 is 1. The summed E-state index contributed by atoms with van der Waals surface area (Å²) < 4.78 is 75.4. The quantitative estimate of drug-likeness (QED) is 0.628. The highest BCUT2D eigenvalue weighted by molar-refractivity contribution is 7.88. The molecule has 2 aliphatic rings. The number of rotatable bonds is 8. The largest absolute Gasteiger partial charge is 0.384 e. The fourth-order valence-corrected chi connectivity index (χ4v) is 5.08. The average Bonchev–Trinajstić information content (AvgIpc) is 3.42. The number of hydrogen-bond acceptors (Lipinski definition) is 4. The van der Waals surface area contributed by atoms with E-state index in [1.54, 1.807) is 12.1 Å². The van der Waals surface area contributed by atoms with Crippen molar-refractivity contribution in [2.75, 3.05) is 33.1 Å². The molecule has 2 aromatic rings. The van der Waals surface area contributed by atoms with Gasteiger partial charge in [-0.25, -0.2) is 26.3 Å². The second kappa shape index (κ2) is 8.73. The van der Waals surface area contributed by atoms with E-state index < -0.39 is 45.2 Å². The zero-order chi connectivity index (χ0) is 24.0. The minimum absolute atomic E-state index is 0.00162. The number of amides is 1. The molecule has 2 fully saturated rings. The maximum absolute atomic E-state index is 16.0. The van der Waals surface area contributed by atoms with Gasteiger partial charge >= 0.3 is 0 Å². The van der Waals surface area contributed by atoms with Crippen molar-refractivity contribution < 1.29 is 31.1 Å². The minimum Gasteiger partial charge on any atom is -0.384 e. The zero-order valence-corrected chi connectivity index (χ0v) is 19.0. The van der Waals surface area contributed by atoms with Crippen LogP contribution in [0.5, 0.6) is 0 Å². The smallest absolute Gasteiger partial charge is 0.229 e. The lowest BCUT2D eigenvalue weighted by Crippen LogP contribution is -2.64. The molecular formula is C23H25F3N2O4S. The van der Waals surface area contributed by atoms with E-state index in [4.69, 9.17) is 4.74 Å². The Hall–Kier alpha value is -2.43. The molecule has 6 nitrogen and oxygen atoms in total. The van der Waals surface area contributed by atoms with E-state index in [-0.39, 0.29) is 35.6 Å². The van der Waals surface area contributed by atoms with Crippen molar-refractivity contribution in [1.82, 2.24) is 9.62 Å². The first-order valence-electron chi connectivity index (χ1n) is 10.5. The molecule has 1 saturated carbocycles. The predicted molar refractivity (Wildman–Crippen MR) is 116 cm³/mol. The van der Waals surface area contributed by atoms with Crippen LogP contribution in [0.15, 0.2) is 42.5 Å². The van der Waals surface area contributed by atoms with Crippen molar-refractivity contribution in [3.8, 4) is 11.1 Å². The van der Waals surface area contributed by atoms with Gasteiger partial charge in [0.2, 0.25) is 15.9 Å². The van der Waals surface area contributed by atoms with Crippen molar-refractivity contribution in [3.05, 3.63) is 59.7 Å². The van der Waals surface area contributed by atoms with E-state index >= 15 is 4.39 Å². The van der Waals surface area contributed by atoms with E-state index in [2.05, 4.69) is 4.72 Å². The van der Waals surface area contributed by atoms with Crippen LogP contribution in [0.25, 0.3) is 11.1 Å². The second-order valence-electron chi connectivity index (χ2n) is 8.66. The number of nitrogens with zero attached hydrogens (tertiary/aromatic N) is 1. The summed E-state index contributed by atoms with van der Waals surface area (Å²) in [6.45, 7) is 0.654. The van der Waals surface area contributed by atoms with Gasteiger partial charge in [0, 0.05) is 32.5 Å². The molecular weight excluding hydrogens is 457 g/mol. The molecule has 2 aromatic carbocycles. The lowest BCUT2D eigenvalue weighted by atomic mass is 9.88. The first-order chi connectivity index (χ1) is 15.6. The Morgan fingerprint density at radius 1 is 1.18 bits per heavy atom. The third-order valence-electron chi connectivity index (χ3n) is 6.39. The Bertz CT molecular complexity index is 1160. The second-order valence-corrected chi connectivity index (χ2v) is 10.5. The molecule has 33 heavy (non-hydrogen) atoms. The minimum atomic E-state index is -3.47. The monoisotopic (exact) mass is 482 g/mol. The molecule has 1 heterocycles. The summed E-state index contributed by atoms with van der Waals surface area (Å²) in [5.74, 6) is -3.18. The first-order valence-corrected chi connectivity index (χ1v) is 12.4.